The largest absolute Gasteiger partial charge is 0.466 e. The van der Waals surface area contributed by atoms with E-state index in [1.54, 1.807) is 0 Å². The van der Waals surface area contributed by atoms with Crippen LogP contribution in [0, 0.1) is 23.2 Å². The number of carbonyl (C=O) groups excluding carboxylic acids is 1. The molecule has 1 aliphatic carbocycles. The van der Waals surface area contributed by atoms with Gasteiger partial charge in [-0.25, -0.2) is 0 Å². The zero-order valence-corrected chi connectivity index (χ0v) is 14.5. The Hall–Kier alpha value is -0.570. The standard InChI is InChI=1S/C18H34O3/c1-6-8-15(17(20)21-7-2)16(19)13-9-11-14(12-10-13)18(3,4)5/h13-16,19H,6-12H2,1-5H3. The lowest BCUT2D eigenvalue weighted by Crippen LogP contribution is -2.38. The van der Waals surface area contributed by atoms with Gasteiger partial charge in [0.05, 0.1) is 18.6 Å². The number of rotatable bonds is 6. The number of hydrogen-bond donors (Lipinski definition) is 1. The van der Waals surface area contributed by atoms with Crippen molar-refractivity contribution in [3.63, 3.8) is 0 Å². The van der Waals surface area contributed by atoms with Crippen LogP contribution in [0.1, 0.15) is 73.1 Å². The van der Waals surface area contributed by atoms with E-state index < -0.39 is 6.10 Å². The minimum absolute atomic E-state index is 0.218. The molecule has 0 amide bonds. The number of ether oxygens (including phenoxy) is 1. The Morgan fingerprint density at radius 2 is 1.76 bits per heavy atom. The summed E-state index contributed by atoms with van der Waals surface area (Å²) in [4.78, 5) is 12.1. The molecular formula is C18H34O3. The van der Waals surface area contributed by atoms with Crippen molar-refractivity contribution in [1.29, 1.82) is 0 Å². The highest BCUT2D eigenvalue weighted by molar-refractivity contribution is 5.73. The first-order valence-corrected chi connectivity index (χ1v) is 8.65. The molecule has 0 spiro atoms. The van der Waals surface area contributed by atoms with Gasteiger partial charge in [0.15, 0.2) is 0 Å². The molecule has 0 radical (unpaired) electrons. The summed E-state index contributed by atoms with van der Waals surface area (Å²) in [6, 6.07) is 0. The molecule has 0 aromatic carbocycles. The fourth-order valence-corrected chi connectivity index (χ4v) is 3.64. The van der Waals surface area contributed by atoms with Crippen LogP contribution in [0.25, 0.3) is 0 Å². The monoisotopic (exact) mass is 298 g/mol. The molecule has 2 atom stereocenters. The Bertz CT molecular complexity index is 311. The van der Waals surface area contributed by atoms with E-state index in [1.807, 2.05) is 6.92 Å². The summed E-state index contributed by atoms with van der Waals surface area (Å²) >= 11 is 0. The second-order valence-corrected chi connectivity index (χ2v) is 7.62. The maximum Gasteiger partial charge on any atom is 0.311 e. The molecule has 0 aliphatic heterocycles. The van der Waals surface area contributed by atoms with Crippen molar-refractivity contribution in [2.45, 2.75) is 79.2 Å². The van der Waals surface area contributed by atoms with Crippen LogP contribution in [0.2, 0.25) is 0 Å². The van der Waals surface area contributed by atoms with Crippen LogP contribution in [0.3, 0.4) is 0 Å². The third-order valence-corrected chi connectivity index (χ3v) is 5.08. The molecule has 21 heavy (non-hydrogen) atoms. The quantitative estimate of drug-likeness (QED) is 0.748. The van der Waals surface area contributed by atoms with Gasteiger partial charge in [-0.1, -0.05) is 34.1 Å². The minimum Gasteiger partial charge on any atom is -0.466 e. The predicted octanol–water partition coefficient (Wildman–Crippen LogP) is 4.18. The Morgan fingerprint density at radius 3 is 2.19 bits per heavy atom. The highest BCUT2D eigenvalue weighted by Crippen LogP contribution is 2.42. The third kappa shape index (κ3) is 5.28. The molecule has 3 nitrogen and oxygen atoms in total. The number of esters is 1. The normalized spacial score (nSPS) is 26.2. The molecule has 1 rings (SSSR count). The Labute approximate surface area is 130 Å². The molecule has 2 unspecified atom stereocenters. The summed E-state index contributed by atoms with van der Waals surface area (Å²) in [5.41, 5.74) is 0.347. The lowest BCUT2D eigenvalue weighted by atomic mass is 9.67. The smallest absolute Gasteiger partial charge is 0.311 e. The molecule has 1 N–H and O–H groups in total. The van der Waals surface area contributed by atoms with E-state index in [2.05, 4.69) is 27.7 Å². The molecule has 0 aromatic heterocycles. The average molecular weight is 298 g/mol. The Morgan fingerprint density at radius 1 is 1.19 bits per heavy atom. The topological polar surface area (TPSA) is 46.5 Å². The molecule has 124 valence electrons. The van der Waals surface area contributed by atoms with Crippen molar-refractivity contribution >= 4 is 5.97 Å². The lowest BCUT2D eigenvalue weighted by molar-refractivity contribution is -0.154. The first kappa shape index (κ1) is 18.5. The van der Waals surface area contributed by atoms with Crippen molar-refractivity contribution in [2.24, 2.45) is 23.2 Å². The molecule has 3 heteroatoms. The van der Waals surface area contributed by atoms with E-state index in [1.165, 1.54) is 0 Å². The zero-order valence-electron chi connectivity index (χ0n) is 14.5. The van der Waals surface area contributed by atoms with Gasteiger partial charge in [-0.2, -0.15) is 0 Å². The number of hydrogen-bond acceptors (Lipinski definition) is 3. The van der Waals surface area contributed by atoms with E-state index >= 15 is 0 Å². The second kappa shape index (κ2) is 8.17. The van der Waals surface area contributed by atoms with Gasteiger partial charge in [-0.05, 0) is 56.3 Å². The SMILES string of the molecule is CCCC(C(=O)OCC)C(O)C1CCC(C(C)(C)C)CC1. The van der Waals surface area contributed by atoms with Crippen molar-refractivity contribution < 1.29 is 14.6 Å². The maximum absolute atomic E-state index is 12.1. The predicted molar refractivity (Wildman–Crippen MR) is 85.9 cm³/mol. The zero-order chi connectivity index (χ0) is 16.0. The molecule has 1 fully saturated rings. The first-order valence-electron chi connectivity index (χ1n) is 8.65. The summed E-state index contributed by atoms with van der Waals surface area (Å²) in [5.74, 6) is 0.425. The fourth-order valence-electron chi connectivity index (χ4n) is 3.64. The van der Waals surface area contributed by atoms with E-state index in [0.29, 0.717) is 12.0 Å². The van der Waals surface area contributed by atoms with E-state index in [0.717, 1.165) is 44.4 Å². The van der Waals surface area contributed by atoms with E-state index in [-0.39, 0.29) is 17.8 Å². The van der Waals surface area contributed by atoms with Crippen LogP contribution in [-0.4, -0.2) is 23.8 Å². The molecule has 0 bridgehead atoms. The van der Waals surface area contributed by atoms with Gasteiger partial charge in [-0.15, -0.1) is 0 Å². The van der Waals surface area contributed by atoms with Crippen LogP contribution in [0.5, 0.6) is 0 Å². The van der Waals surface area contributed by atoms with Crippen LogP contribution in [0.15, 0.2) is 0 Å². The molecule has 1 saturated carbocycles. The van der Waals surface area contributed by atoms with Gasteiger partial charge >= 0.3 is 5.97 Å². The van der Waals surface area contributed by atoms with Gasteiger partial charge in [0.1, 0.15) is 0 Å². The summed E-state index contributed by atoms with van der Waals surface area (Å²) in [7, 11) is 0. The van der Waals surface area contributed by atoms with Crippen molar-refractivity contribution in [3.05, 3.63) is 0 Å². The summed E-state index contributed by atoms with van der Waals surface area (Å²) < 4.78 is 5.14. The Balaban J connectivity index is 2.61. The van der Waals surface area contributed by atoms with Crippen LogP contribution in [-0.2, 0) is 9.53 Å². The molecule has 1 aliphatic rings. The van der Waals surface area contributed by atoms with Crippen LogP contribution in [0.4, 0.5) is 0 Å². The Kier molecular flexibility index (Phi) is 7.19. The summed E-state index contributed by atoms with van der Waals surface area (Å²) in [6.45, 7) is 11.2. The minimum atomic E-state index is -0.537. The summed E-state index contributed by atoms with van der Waals surface area (Å²) in [6.07, 6.45) is 5.47. The van der Waals surface area contributed by atoms with Gasteiger partial charge < -0.3 is 9.84 Å². The van der Waals surface area contributed by atoms with Crippen molar-refractivity contribution in [3.8, 4) is 0 Å². The van der Waals surface area contributed by atoms with Gasteiger partial charge in [0, 0.05) is 0 Å². The fraction of sp³-hybridized carbons (Fsp3) is 0.944. The average Bonchev–Trinajstić information content (AvgIpc) is 2.43. The van der Waals surface area contributed by atoms with Gasteiger partial charge in [-0.3, -0.25) is 4.79 Å². The first-order chi connectivity index (χ1) is 9.81. The van der Waals surface area contributed by atoms with Crippen LogP contribution >= 0.6 is 0 Å². The molecule has 0 heterocycles. The highest BCUT2D eigenvalue weighted by Gasteiger charge is 2.37. The second-order valence-electron chi connectivity index (χ2n) is 7.62. The number of aliphatic hydroxyl groups excluding tert-OH is 1. The third-order valence-electron chi connectivity index (χ3n) is 5.08. The molecular weight excluding hydrogens is 264 g/mol. The van der Waals surface area contributed by atoms with E-state index in [4.69, 9.17) is 4.74 Å². The number of carbonyl (C=O) groups is 1. The summed E-state index contributed by atoms with van der Waals surface area (Å²) in [5, 5.41) is 10.7. The number of aliphatic hydroxyl groups is 1. The van der Waals surface area contributed by atoms with Gasteiger partial charge in [0.25, 0.3) is 0 Å². The highest BCUT2D eigenvalue weighted by atomic mass is 16.5. The van der Waals surface area contributed by atoms with E-state index in [9.17, 15) is 9.90 Å². The lowest BCUT2D eigenvalue weighted by Gasteiger charge is -2.39. The van der Waals surface area contributed by atoms with Crippen molar-refractivity contribution in [1.82, 2.24) is 0 Å². The maximum atomic E-state index is 12.1. The van der Waals surface area contributed by atoms with Gasteiger partial charge in [0.2, 0.25) is 0 Å². The molecule has 0 aromatic rings. The molecule has 0 saturated heterocycles. The van der Waals surface area contributed by atoms with Crippen molar-refractivity contribution in [2.75, 3.05) is 6.61 Å². The van der Waals surface area contributed by atoms with Crippen LogP contribution < -0.4 is 0 Å².